The Labute approximate surface area is 77.2 Å². The van der Waals surface area contributed by atoms with Gasteiger partial charge in [0.25, 0.3) is 0 Å². The van der Waals surface area contributed by atoms with Crippen LogP contribution in [0.2, 0.25) is 0 Å². The largest absolute Gasteiger partial charge is 0.508 e. The van der Waals surface area contributed by atoms with Crippen LogP contribution < -0.4 is 0 Å². The molecular weight excluding hydrogens is 164 g/mol. The fourth-order valence-electron chi connectivity index (χ4n) is 1.65. The molecule has 0 aliphatic heterocycles. The van der Waals surface area contributed by atoms with Gasteiger partial charge in [-0.05, 0) is 36.5 Å². The number of aromatic hydroxyl groups is 1. The predicted octanol–water partition coefficient (Wildman–Crippen LogP) is 2.08. The molecule has 0 amide bonds. The highest BCUT2D eigenvalue weighted by molar-refractivity contribution is 5.63. The summed E-state index contributed by atoms with van der Waals surface area (Å²) in [4.78, 5) is 10.8. The maximum Gasteiger partial charge on any atom is 0.127 e. The summed E-state index contributed by atoms with van der Waals surface area (Å²) in [5.74, 6) is 0.747. The number of aldehydes is 1. The monoisotopic (exact) mass is 176 g/mol. The van der Waals surface area contributed by atoms with Crippen LogP contribution >= 0.6 is 0 Å². The molecule has 0 radical (unpaired) electrons. The van der Waals surface area contributed by atoms with Gasteiger partial charge in [-0.2, -0.15) is 0 Å². The molecule has 1 saturated carbocycles. The Morgan fingerprint density at radius 3 is 2.77 bits per heavy atom. The van der Waals surface area contributed by atoms with Gasteiger partial charge in [0.1, 0.15) is 12.0 Å². The van der Waals surface area contributed by atoms with Gasteiger partial charge in [-0.1, -0.05) is 12.1 Å². The number of phenols is 1. The van der Waals surface area contributed by atoms with Crippen molar-refractivity contribution in [3.05, 3.63) is 29.8 Å². The van der Waals surface area contributed by atoms with Crippen molar-refractivity contribution in [2.24, 2.45) is 5.92 Å². The summed E-state index contributed by atoms with van der Waals surface area (Å²) in [6.07, 6.45) is 3.27. The summed E-state index contributed by atoms with van der Waals surface area (Å²) in [6, 6.07) is 6.98. The second-order valence-electron chi connectivity index (χ2n) is 3.59. The lowest BCUT2D eigenvalue weighted by Gasteiger charge is -2.08. The van der Waals surface area contributed by atoms with Crippen LogP contribution in [-0.2, 0) is 4.79 Å². The number of benzene rings is 1. The van der Waals surface area contributed by atoms with E-state index < -0.39 is 0 Å². The summed E-state index contributed by atoms with van der Waals surface area (Å²) in [7, 11) is 0. The van der Waals surface area contributed by atoms with Crippen molar-refractivity contribution in [1.82, 2.24) is 0 Å². The molecule has 68 valence electrons. The van der Waals surface area contributed by atoms with Crippen molar-refractivity contribution in [2.45, 2.75) is 18.8 Å². The normalized spacial score (nSPS) is 18.2. The fraction of sp³-hybridized carbons (Fsp3) is 0.364. The van der Waals surface area contributed by atoms with E-state index in [4.69, 9.17) is 0 Å². The van der Waals surface area contributed by atoms with Crippen molar-refractivity contribution >= 4 is 6.29 Å². The molecule has 1 aromatic carbocycles. The molecule has 1 atom stereocenters. The standard InChI is InChI=1S/C11H12O2/c12-7-11(8-4-5-8)9-2-1-3-10(13)6-9/h1-3,6-8,11,13H,4-5H2. The number of phenolic OH excluding ortho intramolecular Hbond substituents is 1. The number of hydrogen-bond donors (Lipinski definition) is 1. The summed E-state index contributed by atoms with van der Waals surface area (Å²) in [5.41, 5.74) is 0.942. The summed E-state index contributed by atoms with van der Waals surface area (Å²) < 4.78 is 0. The first-order chi connectivity index (χ1) is 6.31. The zero-order valence-electron chi connectivity index (χ0n) is 7.31. The van der Waals surface area contributed by atoms with E-state index in [1.165, 1.54) is 0 Å². The van der Waals surface area contributed by atoms with E-state index in [9.17, 15) is 9.90 Å². The number of carbonyl (C=O) groups is 1. The fourth-order valence-corrected chi connectivity index (χ4v) is 1.65. The molecule has 0 heterocycles. The van der Waals surface area contributed by atoms with Crippen LogP contribution in [0, 0.1) is 5.92 Å². The average molecular weight is 176 g/mol. The van der Waals surface area contributed by atoms with Gasteiger partial charge in [0, 0.05) is 5.92 Å². The predicted molar refractivity (Wildman–Crippen MR) is 49.6 cm³/mol. The van der Waals surface area contributed by atoms with Crippen LogP contribution in [0.15, 0.2) is 24.3 Å². The van der Waals surface area contributed by atoms with Crippen molar-refractivity contribution in [1.29, 1.82) is 0 Å². The molecule has 2 rings (SSSR count). The zero-order valence-corrected chi connectivity index (χ0v) is 7.31. The minimum atomic E-state index is -0.00731. The highest BCUT2D eigenvalue weighted by Gasteiger charge is 2.31. The van der Waals surface area contributed by atoms with E-state index in [1.807, 2.05) is 6.07 Å². The van der Waals surface area contributed by atoms with Gasteiger partial charge in [-0.15, -0.1) is 0 Å². The number of carbonyl (C=O) groups excluding carboxylic acids is 1. The molecule has 1 aliphatic rings. The molecule has 0 bridgehead atoms. The van der Waals surface area contributed by atoms with Gasteiger partial charge in [0.05, 0.1) is 0 Å². The lowest BCUT2D eigenvalue weighted by molar-refractivity contribution is -0.109. The maximum absolute atomic E-state index is 10.8. The minimum absolute atomic E-state index is 0.00731. The molecule has 1 aliphatic carbocycles. The molecule has 1 fully saturated rings. The van der Waals surface area contributed by atoms with E-state index in [2.05, 4.69) is 0 Å². The topological polar surface area (TPSA) is 37.3 Å². The van der Waals surface area contributed by atoms with E-state index >= 15 is 0 Å². The van der Waals surface area contributed by atoms with Crippen molar-refractivity contribution < 1.29 is 9.90 Å². The summed E-state index contributed by atoms with van der Waals surface area (Å²) in [5, 5.41) is 9.24. The zero-order chi connectivity index (χ0) is 9.26. The van der Waals surface area contributed by atoms with Crippen LogP contribution in [0.1, 0.15) is 24.3 Å². The molecule has 13 heavy (non-hydrogen) atoms. The third-order valence-electron chi connectivity index (χ3n) is 2.53. The van der Waals surface area contributed by atoms with Crippen LogP contribution in [0.4, 0.5) is 0 Å². The van der Waals surface area contributed by atoms with Gasteiger partial charge in [-0.3, -0.25) is 0 Å². The van der Waals surface area contributed by atoms with E-state index in [1.54, 1.807) is 18.2 Å². The molecule has 0 spiro atoms. The van der Waals surface area contributed by atoms with Gasteiger partial charge in [0.15, 0.2) is 0 Å². The van der Waals surface area contributed by atoms with Gasteiger partial charge in [-0.25, -0.2) is 0 Å². The van der Waals surface area contributed by atoms with Crippen LogP contribution in [-0.4, -0.2) is 11.4 Å². The van der Waals surface area contributed by atoms with Crippen molar-refractivity contribution in [2.75, 3.05) is 0 Å². The Morgan fingerprint density at radius 2 is 2.23 bits per heavy atom. The molecule has 1 N–H and O–H groups in total. The van der Waals surface area contributed by atoms with E-state index in [0.29, 0.717) is 5.92 Å². The highest BCUT2D eigenvalue weighted by Crippen LogP contribution is 2.41. The average Bonchev–Trinajstić information content (AvgIpc) is 2.90. The molecule has 1 aromatic rings. The third-order valence-corrected chi connectivity index (χ3v) is 2.53. The quantitative estimate of drug-likeness (QED) is 0.716. The Kier molecular flexibility index (Phi) is 2.05. The number of hydrogen-bond acceptors (Lipinski definition) is 2. The number of rotatable bonds is 3. The molecule has 2 heteroatoms. The molecule has 1 unspecified atom stereocenters. The highest BCUT2D eigenvalue weighted by atomic mass is 16.3. The first-order valence-corrected chi connectivity index (χ1v) is 4.55. The first kappa shape index (κ1) is 8.30. The second-order valence-corrected chi connectivity index (χ2v) is 3.59. The molecular formula is C11H12O2. The Balaban J connectivity index is 2.26. The summed E-state index contributed by atoms with van der Waals surface area (Å²) >= 11 is 0. The van der Waals surface area contributed by atoms with E-state index in [-0.39, 0.29) is 11.7 Å². The van der Waals surface area contributed by atoms with Crippen LogP contribution in [0.3, 0.4) is 0 Å². The van der Waals surface area contributed by atoms with Gasteiger partial charge >= 0.3 is 0 Å². The van der Waals surface area contributed by atoms with Gasteiger partial charge < -0.3 is 9.90 Å². The van der Waals surface area contributed by atoms with Crippen molar-refractivity contribution in [3.63, 3.8) is 0 Å². The lowest BCUT2D eigenvalue weighted by Crippen LogP contribution is -2.01. The summed E-state index contributed by atoms with van der Waals surface area (Å²) in [6.45, 7) is 0. The Bertz CT molecular complexity index is 316. The Hall–Kier alpha value is -1.31. The molecule has 0 aromatic heterocycles. The van der Waals surface area contributed by atoms with Crippen LogP contribution in [0.25, 0.3) is 0 Å². The SMILES string of the molecule is O=CC(c1cccc(O)c1)C1CC1. The third kappa shape index (κ3) is 1.72. The molecule has 2 nitrogen and oxygen atoms in total. The minimum Gasteiger partial charge on any atom is -0.508 e. The van der Waals surface area contributed by atoms with Crippen molar-refractivity contribution in [3.8, 4) is 5.75 Å². The van der Waals surface area contributed by atoms with E-state index in [0.717, 1.165) is 24.7 Å². The lowest BCUT2D eigenvalue weighted by atomic mass is 9.96. The first-order valence-electron chi connectivity index (χ1n) is 4.55. The van der Waals surface area contributed by atoms with Crippen LogP contribution in [0.5, 0.6) is 5.75 Å². The maximum atomic E-state index is 10.8. The smallest absolute Gasteiger partial charge is 0.127 e. The Morgan fingerprint density at radius 1 is 1.46 bits per heavy atom. The second kappa shape index (κ2) is 3.21. The molecule has 0 saturated heterocycles. The van der Waals surface area contributed by atoms with Gasteiger partial charge in [0.2, 0.25) is 0 Å².